The van der Waals surface area contributed by atoms with Crippen molar-refractivity contribution in [1.82, 2.24) is 5.32 Å². The van der Waals surface area contributed by atoms with E-state index in [9.17, 15) is 24.8 Å². The maximum Gasteiger partial charge on any atom is 0.319 e. The fourth-order valence-corrected chi connectivity index (χ4v) is 2.41. The van der Waals surface area contributed by atoms with Crippen LogP contribution in [-0.4, -0.2) is 16.9 Å². The summed E-state index contributed by atoms with van der Waals surface area (Å²) < 4.78 is 0. The highest BCUT2D eigenvalue weighted by molar-refractivity contribution is 6.31. The van der Waals surface area contributed by atoms with Crippen LogP contribution in [0.5, 0.6) is 0 Å². The van der Waals surface area contributed by atoms with Gasteiger partial charge in [0.05, 0.1) is 11.0 Å². The second-order valence-electron chi connectivity index (χ2n) is 5.06. The first kappa shape index (κ1) is 18.2. The lowest BCUT2D eigenvalue weighted by Crippen LogP contribution is -2.36. The minimum atomic E-state index is -1.44. The number of hydrogen-bond donors (Lipinski definition) is 2. The molecule has 0 bridgehead atoms. The van der Waals surface area contributed by atoms with Crippen LogP contribution >= 0.6 is 11.6 Å². The molecule has 2 aromatic carbocycles. The number of amides is 2. The van der Waals surface area contributed by atoms with Crippen molar-refractivity contribution in [2.24, 2.45) is 0 Å². The Morgan fingerprint density at radius 1 is 1.16 bits per heavy atom. The van der Waals surface area contributed by atoms with Gasteiger partial charge < -0.3 is 20.5 Å². The Morgan fingerprint density at radius 3 is 2.44 bits per heavy atom. The number of urea groups is 1. The molecule has 0 aliphatic rings. The molecule has 0 radical (unpaired) electrons. The number of nitrogens with one attached hydrogen (secondary N) is 2. The van der Waals surface area contributed by atoms with Crippen LogP contribution in [0.3, 0.4) is 0 Å². The van der Waals surface area contributed by atoms with E-state index >= 15 is 0 Å². The number of benzene rings is 2. The average molecular weight is 363 g/mol. The number of nitrogens with zero attached hydrogens (tertiary/aromatic N) is 1. The van der Waals surface area contributed by atoms with E-state index in [1.165, 1.54) is 12.1 Å². The van der Waals surface area contributed by atoms with Gasteiger partial charge in [-0.3, -0.25) is 10.1 Å². The number of aliphatic carboxylic acids is 1. The summed E-state index contributed by atoms with van der Waals surface area (Å²) in [7, 11) is 0. The number of halogens is 1. The zero-order chi connectivity index (χ0) is 18.4. The lowest BCUT2D eigenvalue weighted by molar-refractivity contribution is -0.385. The number of nitro benzene ring substituents is 1. The molecule has 1 atom stereocenters. The molecule has 0 aliphatic carbocycles. The van der Waals surface area contributed by atoms with Gasteiger partial charge in [-0.05, 0) is 18.2 Å². The topological polar surface area (TPSA) is 124 Å². The van der Waals surface area contributed by atoms with E-state index < -0.39 is 29.4 Å². The molecular formula is C16H13ClN3O5-. The monoisotopic (exact) mass is 362 g/mol. The van der Waals surface area contributed by atoms with E-state index in [0.29, 0.717) is 5.69 Å². The van der Waals surface area contributed by atoms with Crippen molar-refractivity contribution in [2.45, 2.75) is 12.5 Å². The van der Waals surface area contributed by atoms with Gasteiger partial charge in [-0.25, -0.2) is 4.79 Å². The first-order valence-electron chi connectivity index (χ1n) is 7.13. The van der Waals surface area contributed by atoms with Crippen molar-refractivity contribution < 1.29 is 19.6 Å². The summed E-state index contributed by atoms with van der Waals surface area (Å²) in [4.78, 5) is 33.4. The summed E-state index contributed by atoms with van der Waals surface area (Å²) in [5, 5.41) is 27.0. The van der Waals surface area contributed by atoms with Crippen molar-refractivity contribution >= 4 is 35.0 Å². The molecule has 0 unspecified atom stereocenters. The average Bonchev–Trinajstić information content (AvgIpc) is 2.55. The number of carboxylic acid groups (broad SMARTS) is 1. The van der Waals surface area contributed by atoms with Gasteiger partial charge in [0.25, 0.3) is 5.69 Å². The zero-order valence-electron chi connectivity index (χ0n) is 12.8. The molecular weight excluding hydrogens is 350 g/mol. The van der Waals surface area contributed by atoms with Crippen LogP contribution in [0.4, 0.5) is 16.2 Å². The van der Waals surface area contributed by atoms with Crippen LogP contribution < -0.4 is 15.7 Å². The van der Waals surface area contributed by atoms with Gasteiger partial charge in [-0.2, -0.15) is 0 Å². The van der Waals surface area contributed by atoms with E-state index in [1.807, 2.05) is 0 Å². The van der Waals surface area contributed by atoms with Crippen molar-refractivity contribution in [3.8, 4) is 0 Å². The van der Waals surface area contributed by atoms with Crippen LogP contribution in [-0.2, 0) is 4.79 Å². The van der Waals surface area contributed by atoms with E-state index in [2.05, 4.69) is 10.6 Å². The third-order valence-electron chi connectivity index (χ3n) is 3.27. The molecule has 0 aliphatic heterocycles. The molecule has 8 nitrogen and oxygen atoms in total. The summed E-state index contributed by atoms with van der Waals surface area (Å²) in [5.41, 5.74) is 0.341. The Balaban J connectivity index is 2.24. The van der Waals surface area contributed by atoms with Gasteiger partial charge in [0.15, 0.2) is 0 Å². The smallest absolute Gasteiger partial charge is 0.319 e. The number of carbonyl (C=O) groups excluding carboxylic acids is 2. The molecule has 0 saturated carbocycles. The van der Waals surface area contributed by atoms with Gasteiger partial charge in [0, 0.05) is 40.8 Å². The van der Waals surface area contributed by atoms with E-state index in [1.54, 1.807) is 30.3 Å². The number of para-hydroxylation sites is 1. The van der Waals surface area contributed by atoms with Crippen molar-refractivity contribution in [2.75, 3.05) is 5.32 Å². The SMILES string of the molecule is O=C([O-])C[C@@H](NC(=O)Nc1ccccc1)c1cc([N+](=O)[O-])ccc1Cl. The van der Waals surface area contributed by atoms with Crippen LogP contribution in [0.2, 0.25) is 5.02 Å². The van der Waals surface area contributed by atoms with Crippen molar-refractivity contribution in [3.05, 3.63) is 69.2 Å². The first-order chi connectivity index (χ1) is 11.9. The summed E-state index contributed by atoms with van der Waals surface area (Å²) >= 11 is 6.02. The Morgan fingerprint density at radius 2 is 1.84 bits per heavy atom. The number of hydrogen-bond acceptors (Lipinski definition) is 5. The maximum absolute atomic E-state index is 12.1. The maximum atomic E-state index is 12.1. The first-order valence-corrected chi connectivity index (χ1v) is 7.51. The molecule has 2 rings (SSSR count). The Hall–Kier alpha value is -3.13. The second-order valence-corrected chi connectivity index (χ2v) is 5.46. The second kappa shape index (κ2) is 8.11. The number of carbonyl (C=O) groups is 2. The Kier molecular flexibility index (Phi) is 5.91. The van der Waals surface area contributed by atoms with Gasteiger partial charge >= 0.3 is 6.03 Å². The number of nitro groups is 1. The Bertz CT molecular complexity index is 798. The highest BCUT2D eigenvalue weighted by atomic mass is 35.5. The molecule has 2 aromatic rings. The van der Waals surface area contributed by atoms with Gasteiger partial charge in [0.2, 0.25) is 0 Å². The van der Waals surface area contributed by atoms with Crippen molar-refractivity contribution in [3.63, 3.8) is 0 Å². The normalized spacial score (nSPS) is 11.4. The van der Waals surface area contributed by atoms with Crippen LogP contribution in [0.15, 0.2) is 48.5 Å². The summed E-state index contributed by atoms with van der Waals surface area (Å²) in [6.07, 6.45) is -0.594. The predicted octanol–water partition coefficient (Wildman–Crippen LogP) is 2.25. The summed E-state index contributed by atoms with van der Waals surface area (Å²) in [6, 6.07) is 10.3. The molecule has 130 valence electrons. The summed E-state index contributed by atoms with van der Waals surface area (Å²) in [5.74, 6) is -1.44. The molecule has 0 aromatic heterocycles. The number of rotatable bonds is 6. The lowest BCUT2D eigenvalue weighted by Gasteiger charge is -2.21. The molecule has 9 heteroatoms. The predicted molar refractivity (Wildman–Crippen MR) is 89.1 cm³/mol. The fourth-order valence-electron chi connectivity index (χ4n) is 2.16. The molecule has 0 saturated heterocycles. The third kappa shape index (κ3) is 5.18. The molecule has 2 N–H and O–H groups in total. The largest absolute Gasteiger partial charge is 0.550 e. The quantitative estimate of drug-likeness (QED) is 0.602. The minimum absolute atomic E-state index is 0.0943. The van der Waals surface area contributed by atoms with Gasteiger partial charge in [-0.15, -0.1) is 0 Å². The standard InChI is InChI=1S/C16H14ClN3O5/c17-13-7-6-11(20(24)25)8-12(13)14(9-15(21)22)19-16(23)18-10-4-2-1-3-5-10/h1-8,14H,9H2,(H,21,22)(H2,18,19,23)/p-1/t14-/m1/s1. The van der Waals surface area contributed by atoms with Crippen molar-refractivity contribution in [1.29, 1.82) is 0 Å². The van der Waals surface area contributed by atoms with E-state index in [4.69, 9.17) is 11.6 Å². The molecule has 2 amide bonds. The minimum Gasteiger partial charge on any atom is -0.550 e. The Labute approximate surface area is 147 Å². The molecule has 25 heavy (non-hydrogen) atoms. The van der Waals surface area contributed by atoms with Crippen LogP contribution in [0.25, 0.3) is 0 Å². The van der Waals surface area contributed by atoms with Crippen LogP contribution in [0, 0.1) is 10.1 Å². The summed E-state index contributed by atoms with van der Waals surface area (Å²) in [6.45, 7) is 0. The highest BCUT2D eigenvalue weighted by Crippen LogP contribution is 2.29. The highest BCUT2D eigenvalue weighted by Gasteiger charge is 2.21. The zero-order valence-corrected chi connectivity index (χ0v) is 13.5. The molecule has 0 spiro atoms. The molecule has 0 fully saturated rings. The number of non-ortho nitro benzene ring substituents is 1. The fraction of sp³-hybridized carbons (Fsp3) is 0.125. The van der Waals surface area contributed by atoms with E-state index in [-0.39, 0.29) is 16.3 Å². The third-order valence-corrected chi connectivity index (χ3v) is 3.62. The van der Waals surface area contributed by atoms with Gasteiger partial charge in [-0.1, -0.05) is 29.8 Å². The lowest BCUT2D eigenvalue weighted by atomic mass is 10.0. The van der Waals surface area contributed by atoms with Gasteiger partial charge in [0.1, 0.15) is 0 Å². The molecule has 0 heterocycles. The van der Waals surface area contributed by atoms with E-state index in [0.717, 1.165) is 6.07 Å². The number of anilines is 1. The van der Waals surface area contributed by atoms with Crippen LogP contribution in [0.1, 0.15) is 18.0 Å². The number of carboxylic acids is 1.